The molecule has 1 rings (SSSR count). The Bertz CT molecular complexity index is 261. The van der Waals surface area contributed by atoms with Crippen molar-refractivity contribution in [3.8, 4) is 5.75 Å². The number of hydrogen-bond acceptors (Lipinski definition) is 3. The van der Waals surface area contributed by atoms with Gasteiger partial charge in [-0.2, -0.15) is 0 Å². The first kappa shape index (κ1) is 13.0. The van der Waals surface area contributed by atoms with Gasteiger partial charge in [-0.15, -0.1) is 17.0 Å². The number of esters is 1. The van der Waals surface area contributed by atoms with Crippen molar-refractivity contribution in [2.24, 2.45) is 0 Å². The molecule has 0 spiro atoms. The van der Waals surface area contributed by atoms with E-state index < -0.39 is 0 Å². The van der Waals surface area contributed by atoms with Gasteiger partial charge in [0, 0.05) is 0 Å². The molecule has 0 aromatic heterocycles. The van der Waals surface area contributed by atoms with Gasteiger partial charge in [0.15, 0.2) is 6.61 Å². The molecule has 14 heavy (non-hydrogen) atoms. The molecule has 0 aliphatic heterocycles. The maximum atomic E-state index is 10.9. The van der Waals surface area contributed by atoms with Crippen molar-refractivity contribution in [1.82, 2.24) is 0 Å². The fourth-order valence-electron chi connectivity index (χ4n) is 0.862. The fourth-order valence-corrected chi connectivity index (χ4v) is 0.862. The largest absolute Gasteiger partial charge is 0.482 e. The molecule has 0 saturated heterocycles. The number of para-hydroxylation sites is 1. The SMILES string of the molecule is Br.CCOC(=O)COc1ccccc1. The topological polar surface area (TPSA) is 35.5 Å². The summed E-state index contributed by atoms with van der Waals surface area (Å²) in [5, 5.41) is 0. The molecule has 1 aromatic carbocycles. The zero-order chi connectivity index (χ0) is 9.52. The first-order chi connectivity index (χ1) is 6.33. The van der Waals surface area contributed by atoms with Crippen LogP contribution in [-0.2, 0) is 9.53 Å². The van der Waals surface area contributed by atoms with Gasteiger partial charge in [0.05, 0.1) is 6.61 Å². The molecular formula is C10H13BrO3. The van der Waals surface area contributed by atoms with Crippen LogP contribution < -0.4 is 4.74 Å². The quantitative estimate of drug-likeness (QED) is 0.779. The number of ether oxygens (including phenoxy) is 2. The minimum Gasteiger partial charge on any atom is -0.482 e. The summed E-state index contributed by atoms with van der Waals surface area (Å²) in [5.74, 6) is 0.335. The van der Waals surface area contributed by atoms with E-state index in [1.807, 2.05) is 18.2 Å². The van der Waals surface area contributed by atoms with Crippen LogP contribution in [0.25, 0.3) is 0 Å². The van der Waals surface area contributed by atoms with Gasteiger partial charge in [0.25, 0.3) is 0 Å². The van der Waals surface area contributed by atoms with E-state index >= 15 is 0 Å². The molecule has 0 heterocycles. The Morgan fingerprint density at radius 3 is 2.50 bits per heavy atom. The van der Waals surface area contributed by atoms with Crippen molar-refractivity contribution in [3.63, 3.8) is 0 Å². The van der Waals surface area contributed by atoms with Crippen LogP contribution in [0.4, 0.5) is 0 Å². The van der Waals surface area contributed by atoms with Crippen LogP contribution in [0.15, 0.2) is 30.3 Å². The maximum absolute atomic E-state index is 10.9. The predicted molar refractivity (Wildman–Crippen MR) is 58.9 cm³/mol. The highest BCUT2D eigenvalue weighted by Gasteiger charge is 2.01. The maximum Gasteiger partial charge on any atom is 0.344 e. The van der Waals surface area contributed by atoms with Crippen molar-refractivity contribution < 1.29 is 14.3 Å². The molecule has 0 saturated carbocycles. The number of hydrogen-bond donors (Lipinski definition) is 0. The molecule has 4 heteroatoms. The van der Waals surface area contributed by atoms with E-state index in [4.69, 9.17) is 9.47 Å². The highest BCUT2D eigenvalue weighted by atomic mass is 79.9. The lowest BCUT2D eigenvalue weighted by Gasteiger charge is -2.04. The van der Waals surface area contributed by atoms with Gasteiger partial charge in [-0.1, -0.05) is 18.2 Å². The fraction of sp³-hybridized carbons (Fsp3) is 0.300. The molecule has 0 fully saturated rings. The average Bonchev–Trinajstić information content (AvgIpc) is 2.17. The molecule has 0 aliphatic carbocycles. The third kappa shape index (κ3) is 4.87. The predicted octanol–water partition coefficient (Wildman–Crippen LogP) is 2.21. The van der Waals surface area contributed by atoms with Gasteiger partial charge in [0.2, 0.25) is 0 Å². The second-order valence-corrected chi connectivity index (χ2v) is 2.41. The highest BCUT2D eigenvalue weighted by Crippen LogP contribution is 2.07. The van der Waals surface area contributed by atoms with Gasteiger partial charge in [-0.05, 0) is 19.1 Å². The smallest absolute Gasteiger partial charge is 0.344 e. The number of carbonyl (C=O) groups is 1. The van der Waals surface area contributed by atoms with Crippen LogP contribution in [-0.4, -0.2) is 19.2 Å². The molecule has 78 valence electrons. The summed E-state index contributed by atoms with van der Waals surface area (Å²) >= 11 is 0. The normalized spacial score (nSPS) is 8.64. The molecule has 0 N–H and O–H groups in total. The van der Waals surface area contributed by atoms with Crippen LogP contribution >= 0.6 is 17.0 Å². The monoisotopic (exact) mass is 260 g/mol. The standard InChI is InChI=1S/C10H12O3.BrH/c1-2-12-10(11)8-13-9-6-4-3-5-7-9;/h3-7H,2,8H2,1H3;1H. The van der Waals surface area contributed by atoms with Crippen LogP contribution in [0.2, 0.25) is 0 Å². The molecule has 0 bridgehead atoms. The lowest BCUT2D eigenvalue weighted by Crippen LogP contribution is -2.14. The Balaban J connectivity index is 0.00000169. The van der Waals surface area contributed by atoms with Crippen molar-refractivity contribution in [2.45, 2.75) is 6.92 Å². The third-order valence-corrected chi connectivity index (χ3v) is 1.41. The van der Waals surface area contributed by atoms with Crippen molar-refractivity contribution >= 4 is 23.0 Å². The number of halogens is 1. The summed E-state index contributed by atoms with van der Waals surface area (Å²) in [5.41, 5.74) is 0. The zero-order valence-electron chi connectivity index (χ0n) is 7.93. The molecule has 0 atom stereocenters. The molecule has 0 amide bonds. The first-order valence-electron chi connectivity index (χ1n) is 4.16. The van der Waals surface area contributed by atoms with Crippen LogP contribution in [0.5, 0.6) is 5.75 Å². The molecule has 0 aliphatic rings. The Morgan fingerprint density at radius 2 is 1.93 bits per heavy atom. The van der Waals surface area contributed by atoms with E-state index in [2.05, 4.69) is 0 Å². The second-order valence-electron chi connectivity index (χ2n) is 2.41. The third-order valence-electron chi connectivity index (χ3n) is 1.41. The molecule has 0 radical (unpaired) electrons. The summed E-state index contributed by atoms with van der Waals surface area (Å²) in [7, 11) is 0. The summed E-state index contributed by atoms with van der Waals surface area (Å²) in [6, 6.07) is 9.16. The molecular weight excluding hydrogens is 248 g/mol. The number of carbonyl (C=O) groups excluding carboxylic acids is 1. The second kappa shape index (κ2) is 7.38. The summed E-state index contributed by atoms with van der Waals surface area (Å²) in [6.45, 7) is 2.12. The van der Waals surface area contributed by atoms with Gasteiger partial charge < -0.3 is 9.47 Å². The lowest BCUT2D eigenvalue weighted by atomic mass is 10.3. The first-order valence-corrected chi connectivity index (χ1v) is 4.16. The Kier molecular flexibility index (Phi) is 6.84. The Morgan fingerprint density at radius 1 is 1.29 bits per heavy atom. The Hall–Kier alpha value is -1.03. The van der Waals surface area contributed by atoms with Crippen molar-refractivity contribution in [2.75, 3.05) is 13.2 Å². The van der Waals surface area contributed by atoms with Crippen molar-refractivity contribution in [3.05, 3.63) is 30.3 Å². The van der Waals surface area contributed by atoms with Crippen LogP contribution in [0, 0.1) is 0 Å². The zero-order valence-corrected chi connectivity index (χ0v) is 9.65. The molecule has 0 unspecified atom stereocenters. The van der Waals surface area contributed by atoms with Crippen molar-refractivity contribution in [1.29, 1.82) is 0 Å². The Labute approximate surface area is 93.8 Å². The number of rotatable bonds is 4. The minimum atomic E-state index is -0.341. The van der Waals surface area contributed by atoms with E-state index in [0.717, 1.165) is 0 Å². The van der Waals surface area contributed by atoms with Gasteiger partial charge in [-0.3, -0.25) is 0 Å². The van der Waals surface area contributed by atoms with E-state index in [1.165, 1.54) is 0 Å². The van der Waals surface area contributed by atoms with E-state index in [-0.39, 0.29) is 29.6 Å². The summed E-state index contributed by atoms with van der Waals surface area (Å²) in [4.78, 5) is 10.9. The number of benzene rings is 1. The molecule has 3 nitrogen and oxygen atoms in total. The molecule has 1 aromatic rings. The average molecular weight is 261 g/mol. The minimum absolute atomic E-state index is 0. The van der Waals surface area contributed by atoms with Crippen LogP contribution in [0.1, 0.15) is 6.92 Å². The van der Waals surface area contributed by atoms with Gasteiger partial charge in [0.1, 0.15) is 5.75 Å². The van der Waals surface area contributed by atoms with E-state index in [1.54, 1.807) is 19.1 Å². The lowest BCUT2D eigenvalue weighted by molar-refractivity contribution is -0.145. The van der Waals surface area contributed by atoms with E-state index in [9.17, 15) is 4.79 Å². The van der Waals surface area contributed by atoms with Gasteiger partial charge in [-0.25, -0.2) is 4.79 Å². The highest BCUT2D eigenvalue weighted by molar-refractivity contribution is 8.93. The van der Waals surface area contributed by atoms with Crippen LogP contribution in [0.3, 0.4) is 0 Å². The van der Waals surface area contributed by atoms with Gasteiger partial charge >= 0.3 is 5.97 Å². The summed E-state index contributed by atoms with van der Waals surface area (Å²) in [6.07, 6.45) is 0. The van der Waals surface area contributed by atoms with E-state index in [0.29, 0.717) is 12.4 Å². The summed E-state index contributed by atoms with van der Waals surface area (Å²) < 4.78 is 9.85.